The highest BCUT2D eigenvalue weighted by Gasteiger charge is 2.31. The van der Waals surface area contributed by atoms with E-state index in [1.807, 2.05) is 5.43 Å². The molecule has 0 fully saturated rings. The summed E-state index contributed by atoms with van der Waals surface area (Å²) in [6.07, 6.45) is 8.57. The van der Waals surface area contributed by atoms with Crippen molar-refractivity contribution in [2.45, 2.75) is 12.5 Å². The number of nitro groups is 1. The minimum Gasteiger partial charge on any atom is -0.341 e. The van der Waals surface area contributed by atoms with Crippen LogP contribution in [0.15, 0.2) is 4.99 Å². The lowest BCUT2D eigenvalue weighted by molar-refractivity contribution is -0.525. The van der Waals surface area contributed by atoms with Gasteiger partial charge in [-0.25, -0.2) is 15.1 Å². The van der Waals surface area contributed by atoms with Crippen molar-refractivity contribution >= 4 is 5.96 Å². The molecule has 1 aliphatic heterocycles. The summed E-state index contributed by atoms with van der Waals surface area (Å²) in [6, 6.07) is 0. The number of rotatable bonds is 5. The van der Waals surface area contributed by atoms with Gasteiger partial charge in [0, 0.05) is 0 Å². The van der Waals surface area contributed by atoms with Gasteiger partial charge in [0.25, 0.3) is 5.96 Å². The number of nitrogens with one attached hydrogen (secondary N) is 2. The molecule has 90 valence electrons. The minimum absolute atomic E-state index is 0.0114. The van der Waals surface area contributed by atoms with Crippen LogP contribution in [0.5, 0.6) is 0 Å². The van der Waals surface area contributed by atoms with Gasteiger partial charge in [-0.15, -0.1) is 12.8 Å². The molecule has 0 bridgehead atoms. The Morgan fingerprint density at radius 2 is 2.12 bits per heavy atom. The first-order valence-corrected chi connectivity index (χ1v) is 4.53. The molecule has 0 amide bonds. The molecule has 0 aromatic carbocycles. The molecular formula is C9H10N4O4. The van der Waals surface area contributed by atoms with Crippen molar-refractivity contribution in [3.8, 4) is 24.7 Å². The Morgan fingerprint density at radius 1 is 1.47 bits per heavy atom. The minimum atomic E-state index is -0.776. The van der Waals surface area contributed by atoms with Crippen LogP contribution in [0.3, 0.4) is 0 Å². The normalized spacial score (nSPS) is 21.9. The van der Waals surface area contributed by atoms with Crippen molar-refractivity contribution in [2.75, 3.05) is 13.2 Å². The molecule has 8 heteroatoms. The maximum absolute atomic E-state index is 10.2. The summed E-state index contributed by atoms with van der Waals surface area (Å²) in [5.41, 5.74) is 1.85. The van der Waals surface area contributed by atoms with Gasteiger partial charge in [0.15, 0.2) is 17.5 Å². The molecule has 1 heterocycles. The van der Waals surface area contributed by atoms with Gasteiger partial charge in [0.2, 0.25) is 0 Å². The van der Waals surface area contributed by atoms with Crippen molar-refractivity contribution in [1.82, 2.24) is 10.7 Å². The van der Waals surface area contributed by atoms with Crippen molar-refractivity contribution in [1.29, 1.82) is 0 Å². The largest absolute Gasteiger partial charge is 0.341 e. The van der Waals surface area contributed by atoms with Gasteiger partial charge in [0.1, 0.15) is 13.2 Å². The van der Waals surface area contributed by atoms with Crippen LogP contribution in [0.25, 0.3) is 0 Å². The Hall–Kier alpha value is -2.29. The molecule has 0 aromatic heterocycles. The molecule has 2 N–H and O–H groups in total. The second kappa shape index (κ2) is 6.33. The van der Waals surface area contributed by atoms with Gasteiger partial charge in [-0.2, -0.15) is 0 Å². The second-order valence-corrected chi connectivity index (χ2v) is 2.83. The van der Waals surface area contributed by atoms with Crippen LogP contribution in [0.1, 0.15) is 0 Å². The van der Waals surface area contributed by atoms with Crippen molar-refractivity contribution < 1.29 is 14.5 Å². The first-order valence-electron chi connectivity index (χ1n) is 4.53. The van der Waals surface area contributed by atoms with Crippen LogP contribution in [-0.2, 0) is 9.47 Å². The Morgan fingerprint density at radius 3 is 2.71 bits per heavy atom. The Balaban J connectivity index is 2.58. The maximum atomic E-state index is 10.2. The summed E-state index contributed by atoms with van der Waals surface area (Å²) in [5, 5.41) is 12.1. The summed E-state index contributed by atoms with van der Waals surface area (Å²) in [6.45, 7) is 0.0341. The molecule has 2 unspecified atom stereocenters. The lowest BCUT2D eigenvalue weighted by atomic mass is 10.5. The third-order valence-electron chi connectivity index (χ3n) is 1.68. The van der Waals surface area contributed by atoms with Crippen LogP contribution in [0, 0.1) is 34.8 Å². The Bertz CT molecular complexity index is 395. The topological polar surface area (TPSA) is 98.0 Å². The highest BCUT2D eigenvalue weighted by atomic mass is 16.7. The fraction of sp³-hybridized carbons (Fsp3) is 0.444. The van der Waals surface area contributed by atoms with Gasteiger partial charge in [-0.05, 0) is 0 Å². The lowest BCUT2D eigenvalue weighted by Gasteiger charge is -2.16. The standard InChI is InChI=1S/C9H10N4O4/c1-3-5-16-7-8(17-6-4-2)11-9(10-7)12-13(14)15/h1-2,7-8H,5-6H2,(H2,10,11,12). The van der Waals surface area contributed by atoms with Crippen molar-refractivity contribution in [2.24, 2.45) is 4.99 Å². The van der Waals surface area contributed by atoms with Gasteiger partial charge in [0.05, 0.1) is 0 Å². The quantitative estimate of drug-likeness (QED) is 0.350. The van der Waals surface area contributed by atoms with E-state index in [1.165, 1.54) is 0 Å². The van der Waals surface area contributed by atoms with E-state index in [-0.39, 0.29) is 19.2 Å². The number of hydrogen-bond donors (Lipinski definition) is 2. The van der Waals surface area contributed by atoms with Gasteiger partial charge >= 0.3 is 0 Å². The van der Waals surface area contributed by atoms with Crippen molar-refractivity contribution in [3.63, 3.8) is 0 Å². The third kappa shape index (κ3) is 3.99. The average Bonchev–Trinajstić information content (AvgIpc) is 2.64. The second-order valence-electron chi connectivity index (χ2n) is 2.83. The molecule has 1 rings (SSSR count). The van der Waals surface area contributed by atoms with Crippen LogP contribution in [0.4, 0.5) is 0 Å². The Kier molecular flexibility index (Phi) is 4.76. The molecule has 0 aromatic rings. The van der Waals surface area contributed by atoms with Gasteiger partial charge < -0.3 is 14.8 Å². The zero-order valence-corrected chi connectivity index (χ0v) is 8.75. The SMILES string of the molecule is C#CCOC1N=C(N[N+](=O)[O-])NC1OCC#C. The van der Waals surface area contributed by atoms with Crippen molar-refractivity contribution in [3.05, 3.63) is 10.1 Å². The summed E-state index contributed by atoms with van der Waals surface area (Å²) in [7, 11) is 0. The van der Waals surface area contributed by atoms with E-state index in [9.17, 15) is 10.1 Å². The lowest BCUT2D eigenvalue weighted by Crippen LogP contribution is -2.44. The molecule has 0 radical (unpaired) electrons. The smallest absolute Gasteiger partial charge is 0.259 e. The molecule has 8 nitrogen and oxygen atoms in total. The fourth-order valence-electron chi connectivity index (χ4n) is 1.11. The number of guanidine groups is 1. The predicted molar refractivity (Wildman–Crippen MR) is 57.8 cm³/mol. The van der Waals surface area contributed by atoms with E-state index in [0.717, 1.165) is 0 Å². The predicted octanol–water partition coefficient (Wildman–Crippen LogP) is -1.32. The van der Waals surface area contributed by atoms with Crippen LogP contribution in [0.2, 0.25) is 0 Å². The maximum Gasteiger partial charge on any atom is 0.259 e. The molecule has 17 heavy (non-hydrogen) atoms. The molecule has 1 aliphatic rings. The number of aliphatic imine (C=N–C) groups is 1. The van der Waals surface area contributed by atoms with Crippen LogP contribution >= 0.6 is 0 Å². The third-order valence-corrected chi connectivity index (χ3v) is 1.68. The molecule has 0 spiro atoms. The fourth-order valence-corrected chi connectivity index (χ4v) is 1.11. The number of terminal acetylenes is 2. The molecule has 0 aliphatic carbocycles. The first kappa shape index (κ1) is 12.8. The van der Waals surface area contributed by atoms with Gasteiger partial charge in [-0.1, -0.05) is 17.3 Å². The number of hydrazine groups is 1. The number of hydrogen-bond acceptors (Lipinski definition) is 6. The monoisotopic (exact) mass is 238 g/mol. The molecule has 0 saturated heterocycles. The Labute approximate surface area is 97.5 Å². The molecule has 2 atom stereocenters. The van der Waals surface area contributed by atoms with Gasteiger partial charge in [-0.3, -0.25) is 0 Å². The highest BCUT2D eigenvalue weighted by molar-refractivity contribution is 5.80. The van der Waals surface area contributed by atoms with E-state index >= 15 is 0 Å². The number of ether oxygens (including phenoxy) is 2. The highest BCUT2D eigenvalue weighted by Crippen LogP contribution is 2.09. The molecule has 0 saturated carbocycles. The van der Waals surface area contributed by atoms with E-state index < -0.39 is 17.5 Å². The molecular weight excluding hydrogens is 228 g/mol. The summed E-state index contributed by atoms with van der Waals surface area (Å²) in [5.74, 6) is 4.45. The van der Waals surface area contributed by atoms with Crippen LogP contribution in [-0.4, -0.2) is 36.7 Å². The van der Waals surface area contributed by atoms with E-state index in [4.69, 9.17) is 22.3 Å². The van der Waals surface area contributed by atoms with E-state index in [1.54, 1.807) is 0 Å². The van der Waals surface area contributed by atoms with E-state index in [0.29, 0.717) is 0 Å². The average molecular weight is 238 g/mol. The summed E-state index contributed by atoms with van der Waals surface area (Å²) in [4.78, 5) is 14.1. The van der Waals surface area contributed by atoms with Crippen LogP contribution < -0.4 is 10.7 Å². The zero-order chi connectivity index (χ0) is 12.7. The summed E-state index contributed by atoms with van der Waals surface area (Å²) < 4.78 is 10.3. The first-order chi connectivity index (χ1) is 8.17. The van der Waals surface area contributed by atoms with E-state index in [2.05, 4.69) is 22.2 Å². The summed E-state index contributed by atoms with van der Waals surface area (Å²) >= 11 is 0. The number of nitrogens with zero attached hydrogens (tertiary/aromatic N) is 2. The zero-order valence-electron chi connectivity index (χ0n) is 8.75.